The lowest BCUT2D eigenvalue weighted by Crippen LogP contribution is -2.14. The zero-order valence-electron chi connectivity index (χ0n) is 15.6. The van der Waals surface area contributed by atoms with Gasteiger partial charge in [0.1, 0.15) is 11.5 Å². The third-order valence-corrected chi connectivity index (χ3v) is 4.79. The van der Waals surface area contributed by atoms with Gasteiger partial charge in [-0.1, -0.05) is 0 Å². The van der Waals surface area contributed by atoms with E-state index in [9.17, 15) is 9.18 Å². The highest BCUT2D eigenvalue weighted by molar-refractivity contribution is 7.14. The van der Waals surface area contributed by atoms with Gasteiger partial charge >= 0.3 is 0 Å². The molecule has 0 atom stereocenters. The second-order valence-corrected chi connectivity index (χ2v) is 6.65. The second-order valence-electron chi connectivity index (χ2n) is 5.79. The first-order chi connectivity index (χ1) is 13.5. The lowest BCUT2D eigenvalue weighted by atomic mass is 10.1. The number of halogens is 1. The number of thiazole rings is 1. The number of hydrogen-bond donors (Lipinski definition) is 1. The Labute approximate surface area is 165 Å². The molecule has 1 aromatic heterocycles. The van der Waals surface area contributed by atoms with Crippen LogP contribution in [-0.4, -0.2) is 32.2 Å². The molecule has 0 saturated carbocycles. The summed E-state index contributed by atoms with van der Waals surface area (Å²) in [5.41, 5.74) is 1.87. The van der Waals surface area contributed by atoms with E-state index >= 15 is 0 Å². The van der Waals surface area contributed by atoms with Crippen LogP contribution in [0.3, 0.4) is 0 Å². The van der Waals surface area contributed by atoms with Crippen LogP contribution in [0.15, 0.2) is 41.8 Å². The fourth-order valence-corrected chi connectivity index (χ4v) is 3.38. The van der Waals surface area contributed by atoms with Crippen LogP contribution in [0.1, 0.15) is 5.56 Å². The number of methoxy groups -OCH3 is 3. The summed E-state index contributed by atoms with van der Waals surface area (Å²) in [5, 5.41) is 4.94. The maximum atomic E-state index is 13.9. The van der Waals surface area contributed by atoms with E-state index in [2.05, 4.69) is 10.3 Å². The van der Waals surface area contributed by atoms with Crippen molar-refractivity contribution in [1.82, 2.24) is 4.98 Å². The number of nitrogens with zero attached hydrogens (tertiary/aromatic N) is 1. The predicted octanol–water partition coefficient (Wildman–Crippen LogP) is 4.16. The standard InChI is InChI=1S/C20H19FN2O4S/c1-25-14-5-7-17(26-2)13(8-14)10-19(24)23-20-22-16(11-28-20)12-4-6-18(27-3)15(21)9-12/h4-9,11H,10H2,1-3H3,(H,22,23,24). The number of aromatic nitrogens is 1. The third-order valence-electron chi connectivity index (χ3n) is 4.04. The Bertz CT molecular complexity index is 990. The van der Waals surface area contributed by atoms with Crippen molar-refractivity contribution in [3.63, 3.8) is 0 Å². The van der Waals surface area contributed by atoms with Crippen LogP contribution in [0.5, 0.6) is 17.2 Å². The summed E-state index contributed by atoms with van der Waals surface area (Å²) in [4.78, 5) is 16.8. The summed E-state index contributed by atoms with van der Waals surface area (Å²) < 4.78 is 29.3. The molecule has 1 heterocycles. The van der Waals surface area contributed by atoms with Crippen molar-refractivity contribution < 1.29 is 23.4 Å². The lowest BCUT2D eigenvalue weighted by molar-refractivity contribution is -0.115. The van der Waals surface area contributed by atoms with Gasteiger partial charge in [0.25, 0.3) is 0 Å². The summed E-state index contributed by atoms with van der Waals surface area (Å²) in [6, 6.07) is 9.87. The topological polar surface area (TPSA) is 69.7 Å². The molecule has 0 aliphatic carbocycles. The second kappa shape index (κ2) is 8.71. The smallest absolute Gasteiger partial charge is 0.230 e. The van der Waals surface area contributed by atoms with Crippen molar-refractivity contribution in [3.8, 4) is 28.5 Å². The van der Waals surface area contributed by atoms with Gasteiger partial charge in [-0.3, -0.25) is 4.79 Å². The minimum atomic E-state index is -0.469. The molecule has 0 saturated heterocycles. The van der Waals surface area contributed by atoms with Gasteiger partial charge in [0, 0.05) is 16.5 Å². The fraction of sp³-hybridized carbons (Fsp3) is 0.200. The molecule has 1 amide bonds. The van der Waals surface area contributed by atoms with E-state index in [1.165, 1.54) is 30.6 Å². The molecule has 0 aliphatic rings. The summed E-state index contributed by atoms with van der Waals surface area (Å²) in [6.45, 7) is 0. The Kier molecular flexibility index (Phi) is 6.10. The lowest BCUT2D eigenvalue weighted by Gasteiger charge is -2.10. The molecule has 2 aromatic carbocycles. The fourth-order valence-electron chi connectivity index (χ4n) is 2.65. The molecule has 0 radical (unpaired) electrons. The first-order valence-electron chi connectivity index (χ1n) is 8.34. The molecule has 6 nitrogen and oxygen atoms in total. The Hall–Kier alpha value is -3.13. The first kappa shape index (κ1) is 19.6. The molecule has 28 heavy (non-hydrogen) atoms. The number of benzene rings is 2. The van der Waals surface area contributed by atoms with Gasteiger partial charge in [-0.25, -0.2) is 9.37 Å². The molecule has 0 bridgehead atoms. The van der Waals surface area contributed by atoms with Gasteiger partial charge < -0.3 is 19.5 Å². The molecular weight excluding hydrogens is 383 g/mol. The molecule has 146 valence electrons. The van der Waals surface area contributed by atoms with Crippen molar-refractivity contribution in [2.24, 2.45) is 0 Å². The van der Waals surface area contributed by atoms with Crippen molar-refractivity contribution in [1.29, 1.82) is 0 Å². The van der Waals surface area contributed by atoms with Gasteiger partial charge in [-0.15, -0.1) is 11.3 Å². The molecule has 0 unspecified atom stereocenters. The van der Waals surface area contributed by atoms with Gasteiger partial charge in [-0.05, 0) is 36.4 Å². The van der Waals surface area contributed by atoms with E-state index < -0.39 is 5.82 Å². The van der Waals surface area contributed by atoms with Crippen LogP contribution in [0.4, 0.5) is 9.52 Å². The van der Waals surface area contributed by atoms with Gasteiger partial charge in [0.05, 0.1) is 33.4 Å². The number of carbonyl (C=O) groups excluding carboxylic acids is 1. The molecule has 3 aromatic rings. The van der Waals surface area contributed by atoms with Crippen LogP contribution in [0, 0.1) is 5.82 Å². The van der Waals surface area contributed by atoms with Gasteiger partial charge in [-0.2, -0.15) is 0 Å². The summed E-state index contributed by atoms with van der Waals surface area (Å²) in [7, 11) is 4.51. The van der Waals surface area contributed by atoms with Gasteiger partial charge in [0.2, 0.25) is 5.91 Å². The SMILES string of the molecule is COc1ccc(OC)c(CC(=O)Nc2nc(-c3ccc(OC)c(F)c3)cs2)c1. The molecule has 0 aliphatic heterocycles. The molecule has 0 spiro atoms. The van der Waals surface area contributed by atoms with E-state index in [1.807, 2.05) is 0 Å². The predicted molar refractivity (Wildman–Crippen MR) is 106 cm³/mol. The Balaban J connectivity index is 1.71. The van der Waals surface area contributed by atoms with Crippen molar-refractivity contribution in [2.45, 2.75) is 6.42 Å². The minimum absolute atomic E-state index is 0.104. The summed E-state index contributed by atoms with van der Waals surface area (Å²) in [6.07, 6.45) is 0.104. The quantitative estimate of drug-likeness (QED) is 0.643. The minimum Gasteiger partial charge on any atom is -0.497 e. The summed E-state index contributed by atoms with van der Waals surface area (Å²) in [5.74, 6) is 0.697. The van der Waals surface area contributed by atoms with E-state index in [0.29, 0.717) is 33.5 Å². The van der Waals surface area contributed by atoms with Crippen LogP contribution in [0.25, 0.3) is 11.3 Å². The number of nitrogens with one attached hydrogen (secondary N) is 1. The Morgan fingerprint density at radius 2 is 1.82 bits per heavy atom. The number of hydrogen-bond acceptors (Lipinski definition) is 6. The number of ether oxygens (including phenoxy) is 3. The van der Waals surface area contributed by atoms with Crippen molar-refractivity contribution in [3.05, 3.63) is 53.2 Å². The molecule has 1 N–H and O–H groups in total. The highest BCUT2D eigenvalue weighted by Gasteiger charge is 2.13. The average Bonchev–Trinajstić information content (AvgIpc) is 3.16. The molecule has 8 heteroatoms. The van der Waals surface area contributed by atoms with Crippen LogP contribution < -0.4 is 19.5 Å². The van der Waals surface area contributed by atoms with Crippen LogP contribution in [-0.2, 0) is 11.2 Å². The number of carbonyl (C=O) groups is 1. The average molecular weight is 402 g/mol. The van der Waals surface area contributed by atoms with E-state index in [4.69, 9.17) is 14.2 Å². The number of amides is 1. The maximum absolute atomic E-state index is 13.9. The van der Waals surface area contributed by atoms with Crippen molar-refractivity contribution >= 4 is 22.4 Å². The molecule has 0 fully saturated rings. The highest BCUT2D eigenvalue weighted by Crippen LogP contribution is 2.29. The van der Waals surface area contributed by atoms with E-state index in [0.717, 1.165) is 0 Å². The van der Waals surface area contributed by atoms with Crippen molar-refractivity contribution in [2.75, 3.05) is 26.6 Å². The number of anilines is 1. The highest BCUT2D eigenvalue weighted by atomic mass is 32.1. The molecule has 3 rings (SSSR count). The third kappa shape index (κ3) is 4.40. The van der Waals surface area contributed by atoms with Gasteiger partial charge in [0.15, 0.2) is 16.7 Å². The largest absolute Gasteiger partial charge is 0.497 e. The molecular formula is C20H19FN2O4S. The Morgan fingerprint density at radius 1 is 1.07 bits per heavy atom. The Morgan fingerprint density at radius 3 is 2.50 bits per heavy atom. The monoisotopic (exact) mass is 402 g/mol. The first-order valence-corrected chi connectivity index (χ1v) is 9.22. The zero-order valence-corrected chi connectivity index (χ0v) is 16.4. The number of rotatable bonds is 7. The normalized spacial score (nSPS) is 10.4. The zero-order chi connectivity index (χ0) is 20.1. The van der Waals surface area contributed by atoms with E-state index in [1.54, 1.807) is 43.9 Å². The summed E-state index contributed by atoms with van der Waals surface area (Å²) >= 11 is 1.26. The maximum Gasteiger partial charge on any atom is 0.230 e. The van der Waals surface area contributed by atoms with Crippen LogP contribution in [0.2, 0.25) is 0 Å². The van der Waals surface area contributed by atoms with Crippen LogP contribution >= 0.6 is 11.3 Å². The van der Waals surface area contributed by atoms with E-state index in [-0.39, 0.29) is 18.1 Å².